The molecule has 36 heavy (non-hydrogen) atoms. The number of ether oxygens (including phenoxy) is 1. The standard InChI is InChI=1S/C30H40O6/c1-16-23-17(12-19(32)24(16)34)27(3)9-11-30(6)21-14-28(4,25(35)36-7)22(33)15-26(21,2)8-10-29(30,5)20(27)13-18(23)31/h12,20-21,32,34H,8-11,13-15H2,1-7H3/t20?,21-,26+,27+,28+,29-,30+/m1/s1. The van der Waals surface area contributed by atoms with Gasteiger partial charge in [0.1, 0.15) is 11.2 Å². The predicted molar refractivity (Wildman–Crippen MR) is 135 cm³/mol. The van der Waals surface area contributed by atoms with Crippen molar-refractivity contribution in [1.82, 2.24) is 0 Å². The average Bonchev–Trinajstić information content (AvgIpc) is 2.82. The molecule has 6 nitrogen and oxygen atoms in total. The minimum Gasteiger partial charge on any atom is -0.504 e. The summed E-state index contributed by atoms with van der Waals surface area (Å²) in [5.74, 6) is -0.627. The number of ketones is 2. The minimum atomic E-state index is -1.14. The summed E-state index contributed by atoms with van der Waals surface area (Å²) in [6, 6.07) is 1.62. The molecule has 0 radical (unpaired) electrons. The van der Waals surface area contributed by atoms with E-state index in [2.05, 4.69) is 27.7 Å². The molecule has 0 aliphatic heterocycles. The molecule has 1 unspecified atom stereocenters. The molecule has 7 atom stereocenters. The molecule has 0 amide bonds. The maximum atomic E-state index is 13.6. The largest absolute Gasteiger partial charge is 0.504 e. The first kappa shape index (κ1) is 25.3. The van der Waals surface area contributed by atoms with E-state index >= 15 is 0 Å². The normalized spacial score (nSPS) is 43.6. The molecule has 2 N–H and O–H groups in total. The zero-order valence-electron chi connectivity index (χ0n) is 22.7. The highest BCUT2D eigenvalue weighted by Crippen LogP contribution is 2.75. The number of hydrogen-bond acceptors (Lipinski definition) is 6. The molecule has 1 aromatic rings. The monoisotopic (exact) mass is 496 g/mol. The number of esters is 1. The third-order valence-corrected chi connectivity index (χ3v) is 12.1. The number of carbonyl (C=O) groups excluding carboxylic acids is 3. The summed E-state index contributed by atoms with van der Waals surface area (Å²) in [7, 11) is 1.35. The maximum absolute atomic E-state index is 13.6. The third-order valence-electron chi connectivity index (χ3n) is 12.1. The van der Waals surface area contributed by atoms with Gasteiger partial charge in [0, 0.05) is 24.0 Å². The smallest absolute Gasteiger partial charge is 0.319 e. The molecular weight excluding hydrogens is 456 g/mol. The lowest BCUT2D eigenvalue weighted by atomic mass is 9.32. The van der Waals surface area contributed by atoms with Crippen molar-refractivity contribution < 1.29 is 29.3 Å². The van der Waals surface area contributed by atoms with E-state index in [1.165, 1.54) is 7.11 Å². The van der Waals surface area contributed by atoms with Gasteiger partial charge in [0.15, 0.2) is 17.3 Å². The summed E-state index contributed by atoms with van der Waals surface area (Å²) in [4.78, 5) is 39.7. The van der Waals surface area contributed by atoms with Gasteiger partial charge >= 0.3 is 5.97 Å². The van der Waals surface area contributed by atoms with Crippen LogP contribution in [0.4, 0.5) is 0 Å². The van der Waals surface area contributed by atoms with Crippen molar-refractivity contribution in [2.75, 3.05) is 7.11 Å². The van der Waals surface area contributed by atoms with Gasteiger partial charge in [-0.05, 0) is 91.1 Å². The maximum Gasteiger partial charge on any atom is 0.319 e. The number of carbonyl (C=O) groups is 3. The van der Waals surface area contributed by atoms with E-state index in [-0.39, 0.29) is 56.6 Å². The average molecular weight is 497 g/mol. The fraction of sp³-hybridized carbons (Fsp3) is 0.700. The predicted octanol–water partition coefficient (Wildman–Crippen LogP) is 5.63. The molecule has 5 rings (SSSR count). The highest BCUT2D eigenvalue weighted by Gasteiger charge is 2.70. The molecule has 4 aliphatic carbocycles. The Labute approximate surface area is 213 Å². The van der Waals surface area contributed by atoms with Crippen molar-refractivity contribution in [3.05, 3.63) is 22.8 Å². The number of rotatable bonds is 1. The van der Waals surface area contributed by atoms with E-state index in [0.717, 1.165) is 31.2 Å². The summed E-state index contributed by atoms with van der Waals surface area (Å²) in [5, 5.41) is 20.9. The Balaban J connectivity index is 1.64. The Bertz CT molecular complexity index is 1200. The van der Waals surface area contributed by atoms with Crippen LogP contribution in [0.15, 0.2) is 6.07 Å². The molecule has 0 saturated heterocycles. The molecular formula is C30H40O6. The second-order valence-electron chi connectivity index (χ2n) is 13.6. The highest BCUT2D eigenvalue weighted by atomic mass is 16.5. The number of hydrogen-bond donors (Lipinski definition) is 2. The van der Waals surface area contributed by atoms with Crippen LogP contribution in [-0.2, 0) is 19.7 Å². The van der Waals surface area contributed by atoms with Crippen molar-refractivity contribution >= 4 is 17.5 Å². The van der Waals surface area contributed by atoms with Gasteiger partial charge < -0.3 is 14.9 Å². The van der Waals surface area contributed by atoms with E-state index in [4.69, 9.17) is 4.74 Å². The molecule has 4 aliphatic rings. The van der Waals surface area contributed by atoms with Crippen LogP contribution in [0.1, 0.15) is 101 Å². The Hall–Kier alpha value is -2.37. The zero-order chi connectivity index (χ0) is 26.6. The third kappa shape index (κ3) is 2.82. The quantitative estimate of drug-likeness (QED) is 0.297. The van der Waals surface area contributed by atoms with Crippen LogP contribution >= 0.6 is 0 Å². The zero-order valence-corrected chi connectivity index (χ0v) is 22.7. The molecule has 0 spiro atoms. The Morgan fingerprint density at radius 2 is 1.58 bits per heavy atom. The summed E-state index contributed by atoms with van der Waals surface area (Å²) < 4.78 is 5.11. The van der Waals surface area contributed by atoms with Gasteiger partial charge in [-0.3, -0.25) is 14.4 Å². The molecule has 0 aromatic heterocycles. The Morgan fingerprint density at radius 3 is 2.22 bits per heavy atom. The van der Waals surface area contributed by atoms with E-state index in [1.54, 1.807) is 19.9 Å². The second-order valence-corrected chi connectivity index (χ2v) is 13.6. The van der Waals surface area contributed by atoms with E-state index in [9.17, 15) is 24.6 Å². The molecule has 1 aromatic carbocycles. The first-order chi connectivity index (χ1) is 16.6. The molecule has 196 valence electrons. The van der Waals surface area contributed by atoms with E-state index < -0.39 is 11.4 Å². The van der Waals surface area contributed by atoms with Crippen molar-refractivity contribution in [3.63, 3.8) is 0 Å². The number of methoxy groups -OCH3 is 1. The fourth-order valence-corrected chi connectivity index (χ4v) is 9.45. The SMILES string of the molecule is COC(=O)[C@@]1(C)C[C@@H]2[C@@](C)(CC[C@]3(C)C4CC(=O)c5c(cc(O)c(O)c5C)[C@]4(C)CC[C@@]23C)CC1=O. The van der Waals surface area contributed by atoms with Crippen LogP contribution in [0.5, 0.6) is 11.5 Å². The lowest BCUT2D eigenvalue weighted by molar-refractivity contribution is -0.210. The van der Waals surface area contributed by atoms with Crippen LogP contribution in [0.25, 0.3) is 0 Å². The van der Waals surface area contributed by atoms with Gasteiger partial charge in [-0.25, -0.2) is 0 Å². The van der Waals surface area contributed by atoms with Gasteiger partial charge in [0.05, 0.1) is 7.11 Å². The number of benzene rings is 1. The Morgan fingerprint density at radius 1 is 0.972 bits per heavy atom. The summed E-state index contributed by atoms with van der Waals surface area (Å²) in [6.45, 7) is 12.6. The summed E-state index contributed by atoms with van der Waals surface area (Å²) >= 11 is 0. The van der Waals surface area contributed by atoms with Gasteiger partial charge in [0.25, 0.3) is 0 Å². The number of fused-ring (bicyclic) bond motifs is 7. The van der Waals surface area contributed by atoms with E-state index in [0.29, 0.717) is 30.4 Å². The summed E-state index contributed by atoms with van der Waals surface area (Å²) in [5.41, 5.74) is -0.145. The topological polar surface area (TPSA) is 101 Å². The van der Waals surface area contributed by atoms with Gasteiger partial charge in [-0.1, -0.05) is 27.7 Å². The first-order valence-electron chi connectivity index (χ1n) is 13.3. The van der Waals surface area contributed by atoms with Crippen LogP contribution in [0.3, 0.4) is 0 Å². The van der Waals surface area contributed by atoms with Gasteiger partial charge in [0.2, 0.25) is 0 Å². The van der Waals surface area contributed by atoms with Crippen LogP contribution < -0.4 is 0 Å². The number of phenolic OH excluding ortho intramolecular Hbond substituents is 2. The van der Waals surface area contributed by atoms with Crippen molar-refractivity contribution in [3.8, 4) is 11.5 Å². The lowest BCUT2D eigenvalue weighted by Gasteiger charge is -2.71. The minimum absolute atomic E-state index is 0.0199. The van der Waals surface area contributed by atoms with Gasteiger partial charge in [-0.15, -0.1) is 0 Å². The molecule has 6 heteroatoms. The number of phenols is 2. The van der Waals surface area contributed by atoms with Crippen molar-refractivity contribution in [2.45, 2.75) is 91.9 Å². The molecule has 3 saturated carbocycles. The van der Waals surface area contributed by atoms with Crippen molar-refractivity contribution in [2.24, 2.45) is 33.5 Å². The number of Topliss-reactive ketones (excluding diaryl/α,β-unsaturated/α-hetero) is 2. The summed E-state index contributed by atoms with van der Waals surface area (Å²) in [6.07, 6.45) is 4.77. The van der Waals surface area contributed by atoms with Crippen LogP contribution in [0.2, 0.25) is 0 Å². The van der Waals surface area contributed by atoms with E-state index in [1.807, 2.05) is 0 Å². The first-order valence-corrected chi connectivity index (χ1v) is 13.3. The molecule has 0 heterocycles. The molecule has 0 bridgehead atoms. The number of aromatic hydroxyl groups is 2. The lowest BCUT2D eigenvalue weighted by Crippen LogP contribution is -2.67. The van der Waals surface area contributed by atoms with Crippen molar-refractivity contribution in [1.29, 1.82) is 0 Å². The fourth-order valence-electron chi connectivity index (χ4n) is 9.45. The Kier molecular flexibility index (Phi) is 5.16. The van der Waals surface area contributed by atoms with Crippen LogP contribution in [0, 0.1) is 40.4 Å². The van der Waals surface area contributed by atoms with Crippen LogP contribution in [-0.4, -0.2) is 34.9 Å². The molecule has 3 fully saturated rings. The highest BCUT2D eigenvalue weighted by molar-refractivity contribution is 6.04. The van der Waals surface area contributed by atoms with Gasteiger partial charge in [-0.2, -0.15) is 0 Å². The second kappa shape index (κ2) is 7.35.